The minimum Gasteiger partial charge on any atom is -0.315 e. The van der Waals surface area contributed by atoms with E-state index in [1.807, 2.05) is 0 Å². The van der Waals surface area contributed by atoms with Crippen LogP contribution in [-0.4, -0.2) is 62.2 Å². The van der Waals surface area contributed by atoms with Gasteiger partial charge in [-0.05, 0) is 58.9 Å². The number of hydrogen-bond acceptors (Lipinski definition) is 3. The van der Waals surface area contributed by atoms with Crippen LogP contribution in [-0.2, 0) is 0 Å². The maximum absolute atomic E-state index is 3.47. The Morgan fingerprint density at radius 3 is 2.47 bits per heavy atom. The molecule has 1 heterocycles. The first-order valence-corrected chi connectivity index (χ1v) is 7.33. The van der Waals surface area contributed by atoms with Crippen LogP contribution >= 0.6 is 0 Å². The molecule has 0 spiro atoms. The second-order valence-electron chi connectivity index (χ2n) is 5.67. The Balaban J connectivity index is 1.88. The van der Waals surface area contributed by atoms with E-state index in [1.165, 1.54) is 58.4 Å². The van der Waals surface area contributed by atoms with Crippen molar-refractivity contribution in [2.75, 3.05) is 46.3 Å². The van der Waals surface area contributed by atoms with Crippen molar-refractivity contribution in [1.29, 1.82) is 0 Å². The lowest BCUT2D eigenvalue weighted by Crippen LogP contribution is -2.32. The van der Waals surface area contributed by atoms with Crippen molar-refractivity contribution >= 4 is 0 Å². The summed E-state index contributed by atoms with van der Waals surface area (Å²) in [7, 11) is 2.26. The third-order valence-corrected chi connectivity index (χ3v) is 3.52. The van der Waals surface area contributed by atoms with E-state index in [-0.39, 0.29) is 0 Å². The summed E-state index contributed by atoms with van der Waals surface area (Å²) >= 11 is 0. The van der Waals surface area contributed by atoms with Crippen LogP contribution in [0.25, 0.3) is 0 Å². The van der Waals surface area contributed by atoms with Crippen molar-refractivity contribution in [3.8, 4) is 0 Å². The fourth-order valence-electron chi connectivity index (χ4n) is 2.33. The first kappa shape index (κ1) is 14.9. The highest BCUT2D eigenvalue weighted by Crippen LogP contribution is 2.06. The molecule has 0 aromatic rings. The maximum atomic E-state index is 3.47. The van der Waals surface area contributed by atoms with Crippen molar-refractivity contribution in [2.24, 2.45) is 0 Å². The van der Waals surface area contributed by atoms with E-state index in [0.29, 0.717) is 6.04 Å². The molecule has 0 radical (unpaired) electrons. The Bertz CT molecular complexity index is 176. The van der Waals surface area contributed by atoms with Crippen LogP contribution in [0.2, 0.25) is 0 Å². The highest BCUT2D eigenvalue weighted by atomic mass is 15.2. The molecule has 1 fully saturated rings. The average molecular weight is 241 g/mol. The Labute approximate surface area is 108 Å². The Morgan fingerprint density at radius 1 is 1.12 bits per heavy atom. The molecule has 0 saturated carbocycles. The number of nitrogens with one attached hydrogen (secondary N) is 1. The molecule has 0 aromatic heterocycles. The van der Waals surface area contributed by atoms with E-state index in [0.717, 1.165) is 6.54 Å². The van der Waals surface area contributed by atoms with Gasteiger partial charge in [-0.25, -0.2) is 0 Å². The van der Waals surface area contributed by atoms with E-state index in [1.54, 1.807) is 0 Å². The van der Waals surface area contributed by atoms with Gasteiger partial charge in [0, 0.05) is 19.1 Å². The molecule has 1 N–H and O–H groups in total. The monoisotopic (exact) mass is 241 g/mol. The number of nitrogens with zero attached hydrogens (tertiary/aromatic N) is 2. The Hall–Kier alpha value is -0.120. The molecule has 0 aliphatic carbocycles. The lowest BCUT2D eigenvalue weighted by atomic mass is 10.2. The summed E-state index contributed by atoms with van der Waals surface area (Å²) in [6.45, 7) is 12.0. The number of unbranched alkanes of at least 4 members (excludes halogenated alkanes) is 1. The van der Waals surface area contributed by atoms with E-state index >= 15 is 0 Å². The van der Waals surface area contributed by atoms with Gasteiger partial charge in [0.05, 0.1) is 0 Å². The van der Waals surface area contributed by atoms with Gasteiger partial charge >= 0.3 is 0 Å². The van der Waals surface area contributed by atoms with E-state index in [2.05, 4.69) is 36.0 Å². The predicted octanol–water partition coefficient (Wildman–Crippen LogP) is 1.79. The number of rotatable bonds is 9. The van der Waals surface area contributed by atoms with Crippen LogP contribution in [0.5, 0.6) is 0 Å². The van der Waals surface area contributed by atoms with Crippen LogP contribution in [0.1, 0.15) is 39.5 Å². The molecule has 17 heavy (non-hydrogen) atoms. The molecular formula is C14H31N3. The fraction of sp³-hybridized carbons (Fsp3) is 1.00. The van der Waals surface area contributed by atoms with Gasteiger partial charge in [0.25, 0.3) is 0 Å². The quantitative estimate of drug-likeness (QED) is 0.621. The summed E-state index contributed by atoms with van der Waals surface area (Å²) in [6.07, 6.45) is 5.43. The smallest absolute Gasteiger partial charge is 0.0109 e. The summed E-state index contributed by atoms with van der Waals surface area (Å²) in [4.78, 5) is 5.07. The van der Waals surface area contributed by atoms with Gasteiger partial charge in [0.2, 0.25) is 0 Å². The largest absolute Gasteiger partial charge is 0.315 e. The average Bonchev–Trinajstić information content (AvgIpc) is 2.78. The molecule has 0 amide bonds. The SMILES string of the molecule is CC(C)NCCCCN(C)CCN1CCCC1. The molecule has 3 heteroatoms. The van der Waals surface area contributed by atoms with Crippen LogP contribution in [0.4, 0.5) is 0 Å². The number of likely N-dealkylation sites (N-methyl/N-ethyl adjacent to an activating group) is 1. The minimum atomic E-state index is 0.628. The van der Waals surface area contributed by atoms with Crippen molar-refractivity contribution in [2.45, 2.75) is 45.6 Å². The molecule has 1 rings (SSSR count). The lowest BCUT2D eigenvalue weighted by molar-refractivity contribution is 0.254. The van der Waals surface area contributed by atoms with Crippen molar-refractivity contribution in [3.63, 3.8) is 0 Å². The van der Waals surface area contributed by atoms with E-state index in [9.17, 15) is 0 Å². The topological polar surface area (TPSA) is 18.5 Å². The van der Waals surface area contributed by atoms with Crippen molar-refractivity contribution in [3.05, 3.63) is 0 Å². The molecule has 0 bridgehead atoms. The Morgan fingerprint density at radius 2 is 1.82 bits per heavy atom. The van der Waals surface area contributed by atoms with Crippen LogP contribution in [0, 0.1) is 0 Å². The highest BCUT2D eigenvalue weighted by Gasteiger charge is 2.11. The minimum absolute atomic E-state index is 0.628. The lowest BCUT2D eigenvalue weighted by Gasteiger charge is -2.21. The summed E-state index contributed by atoms with van der Waals surface area (Å²) in [5.41, 5.74) is 0. The standard InChI is InChI=1S/C14H31N3/c1-14(2)15-8-4-5-9-16(3)12-13-17-10-6-7-11-17/h14-15H,4-13H2,1-3H3. The molecule has 1 aliphatic heterocycles. The number of hydrogen-bond donors (Lipinski definition) is 1. The van der Waals surface area contributed by atoms with Crippen molar-refractivity contribution < 1.29 is 0 Å². The van der Waals surface area contributed by atoms with Gasteiger partial charge in [-0.2, -0.15) is 0 Å². The zero-order valence-corrected chi connectivity index (χ0v) is 12.0. The third kappa shape index (κ3) is 7.74. The molecule has 3 nitrogen and oxygen atoms in total. The second kappa shape index (κ2) is 8.90. The summed E-state index contributed by atoms with van der Waals surface area (Å²) in [5, 5.41) is 3.47. The molecular weight excluding hydrogens is 210 g/mol. The normalized spacial score (nSPS) is 17.5. The van der Waals surface area contributed by atoms with E-state index < -0.39 is 0 Å². The van der Waals surface area contributed by atoms with Gasteiger partial charge < -0.3 is 15.1 Å². The van der Waals surface area contributed by atoms with Gasteiger partial charge in [-0.15, -0.1) is 0 Å². The van der Waals surface area contributed by atoms with Crippen molar-refractivity contribution in [1.82, 2.24) is 15.1 Å². The maximum Gasteiger partial charge on any atom is 0.0109 e. The first-order chi connectivity index (χ1) is 8.18. The van der Waals surface area contributed by atoms with Crippen LogP contribution in [0.15, 0.2) is 0 Å². The third-order valence-electron chi connectivity index (χ3n) is 3.52. The zero-order valence-electron chi connectivity index (χ0n) is 12.0. The zero-order chi connectivity index (χ0) is 12.5. The molecule has 0 aromatic carbocycles. The van der Waals surface area contributed by atoms with Gasteiger partial charge in [0.1, 0.15) is 0 Å². The first-order valence-electron chi connectivity index (χ1n) is 7.33. The number of likely N-dealkylation sites (tertiary alicyclic amines) is 1. The Kier molecular flexibility index (Phi) is 7.82. The molecule has 0 atom stereocenters. The predicted molar refractivity (Wildman–Crippen MR) is 75.5 cm³/mol. The highest BCUT2D eigenvalue weighted by molar-refractivity contribution is 4.67. The summed E-state index contributed by atoms with van der Waals surface area (Å²) in [6, 6.07) is 0.628. The molecule has 1 saturated heterocycles. The van der Waals surface area contributed by atoms with Gasteiger partial charge in [0.15, 0.2) is 0 Å². The summed E-state index contributed by atoms with van der Waals surface area (Å²) in [5.74, 6) is 0. The second-order valence-corrected chi connectivity index (χ2v) is 5.67. The van der Waals surface area contributed by atoms with Gasteiger partial charge in [-0.1, -0.05) is 13.8 Å². The molecule has 102 valence electrons. The molecule has 0 unspecified atom stereocenters. The van der Waals surface area contributed by atoms with Crippen LogP contribution in [0.3, 0.4) is 0 Å². The summed E-state index contributed by atoms with van der Waals surface area (Å²) < 4.78 is 0. The fourth-order valence-corrected chi connectivity index (χ4v) is 2.33. The van der Waals surface area contributed by atoms with Gasteiger partial charge in [-0.3, -0.25) is 0 Å². The van der Waals surface area contributed by atoms with Crippen LogP contribution < -0.4 is 5.32 Å². The van der Waals surface area contributed by atoms with E-state index in [4.69, 9.17) is 0 Å². The molecule has 1 aliphatic rings.